The summed E-state index contributed by atoms with van der Waals surface area (Å²) in [4.78, 5) is 20.0. The number of ketones is 1. The molecule has 0 bridgehead atoms. The Hall–Kier alpha value is -3.72. The van der Waals surface area contributed by atoms with Gasteiger partial charge in [0.05, 0.1) is 23.2 Å². The number of para-hydroxylation sites is 1. The molecule has 5 nitrogen and oxygen atoms in total. The third-order valence-corrected chi connectivity index (χ3v) is 6.17. The number of halogens is 1. The van der Waals surface area contributed by atoms with Gasteiger partial charge in [0.15, 0.2) is 11.6 Å². The van der Waals surface area contributed by atoms with E-state index in [2.05, 4.69) is 24.9 Å². The molecule has 2 aromatic carbocycles. The Labute approximate surface area is 180 Å². The van der Waals surface area contributed by atoms with E-state index >= 15 is 0 Å². The molecule has 0 unspecified atom stereocenters. The van der Waals surface area contributed by atoms with Gasteiger partial charge in [0.2, 0.25) is 0 Å². The van der Waals surface area contributed by atoms with Crippen LogP contribution >= 0.6 is 0 Å². The minimum absolute atomic E-state index is 0.00683. The smallest absolute Gasteiger partial charge is 0.162 e. The number of fused-ring (bicyclic) bond motifs is 4. The number of nitriles is 1. The number of benzene rings is 2. The highest BCUT2D eigenvalue weighted by Crippen LogP contribution is 2.52. The molecule has 6 heteroatoms. The van der Waals surface area contributed by atoms with Crippen LogP contribution in [0.5, 0.6) is 0 Å². The lowest BCUT2D eigenvalue weighted by atomic mass is 9.68. The SMILES string of the molecule is CC1(C)CC(=O)C2=C(C1)N1C(=C(C#N)[C@@H]2c2ccc(F)cc2)N=C(N)c2ccccc21. The summed E-state index contributed by atoms with van der Waals surface area (Å²) in [6.07, 6.45) is 1.04. The minimum Gasteiger partial charge on any atom is -0.383 e. The normalized spacial score (nSPS) is 21.7. The number of amidine groups is 1. The third-order valence-electron chi connectivity index (χ3n) is 6.17. The number of Topliss-reactive ketones (excluding diaryl/α,β-unsaturated/α-hetero) is 1. The Morgan fingerprint density at radius 1 is 1.16 bits per heavy atom. The van der Waals surface area contributed by atoms with Crippen LogP contribution in [0, 0.1) is 22.6 Å². The molecule has 5 rings (SSSR count). The second-order valence-corrected chi connectivity index (χ2v) is 8.98. The third kappa shape index (κ3) is 2.89. The van der Waals surface area contributed by atoms with E-state index in [1.54, 1.807) is 12.1 Å². The highest BCUT2D eigenvalue weighted by atomic mass is 19.1. The molecular formula is C25H21FN4O. The van der Waals surface area contributed by atoms with Gasteiger partial charge in [-0.1, -0.05) is 38.1 Å². The van der Waals surface area contributed by atoms with E-state index in [9.17, 15) is 14.4 Å². The van der Waals surface area contributed by atoms with Gasteiger partial charge in [-0.2, -0.15) is 5.26 Å². The van der Waals surface area contributed by atoms with Gasteiger partial charge in [0, 0.05) is 23.3 Å². The fourth-order valence-corrected chi connectivity index (χ4v) is 4.88. The van der Waals surface area contributed by atoms with Crippen LogP contribution in [-0.4, -0.2) is 11.6 Å². The van der Waals surface area contributed by atoms with Crippen LogP contribution in [-0.2, 0) is 4.79 Å². The van der Waals surface area contributed by atoms with Crippen molar-refractivity contribution in [3.8, 4) is 6.07 Å². The van der Waals surface area contributed by atoms with Crippen molar-refractivity contribution in [1.82, 2.24) is 0 Å². The van der Waals surface area contributed by atoms with E-state index < -0.39 is 5.92 Å². The average molecular weight is 412 g/mol. The molecule has 0 amide bonds. The molecule has 0 saturated heterocycles. The number of hydrogen-bond donors (Lipinski definition) is 1. The van der Waals surface area contributed by atoms with E-state index in [0.717, 1.165) is 16.9 Å². The average Bonchev–Trinajstić information content (AvgIpc) is 2.72. The van der Waals surface area contributed by atoms with Crippen LogP contribution < -0.4 is 10.6 Å². The summed E-state index contributed by atoms with van der Waals surface area (Å²) in [5.41, 5.74) is 10.1. The van der Waals surface area contributed by atoms with Gasteiger partial charge < -0.3 is 5.73 Å². The van der Waals surface area contributed by atoms with Crippen molar-refractivity contribution in [2.24, 2.45) is 16.1 Å². The van der Waals surface area contributed by atoms with Crippen LogP contribution in [0.3, 0.4) is 0 Å². The van der Waals surface area contributed by atoms with Crippen molar-refractivity contribution in [3.05, 3.63) is 88.1 Å². The Morgan fingerprint density at radius 3 is 2.58 bits per heavy atom. The number of carbonyl (C=O) groups excluding carboxylic acids is 1. The van der Waals surface area contributed by atoms with Gasteiger partial charge in [-0.25, -0.2) is 9.38 Å². The molecule has 0 fully saturated rings. The summed E-state index contributed by atoms with van der Waals surface area (Å²) < 4.78 is 13.6. The van der Waals surface area contributed by atoms with Crippen LogP contribution in [0.15, 0.2) is 76.2 Å². The standard InChI is InChI=1S/C25H21FN4O/c1-25(2)11-19-22(20(31)12-25)21(14-7-9-15(26)10-8-14)17(13-27)24-29-23(28)16-5-3-4-6-18(16)30(19)24/h3-10,21H,11-12H2,1-2H3,(H2,28,29)/t21-/m0/s1. The molecule has 0 radical (unpaired) electrons. The van der Waals surface area contributed by atoms with Gasteiger partial charge in [-0.3, -0.25) is 9.69 Å². The number of hydrogen-bond acceptors (Lipinski definition) is 5. The largest absolute Gasteiger partial charge is 0.383 e. The first-order valence-corrected chi connectivity index (χ1v) is 10.2. The fraction of sp³-hybridized carbons (Fsp3) is 0.240. The topological polar surface area (TPSA) is 82.5 Å². The first kappa shape index (κ1) is 19.3. The zero-order chi connectivity index (χ0) is 21.9. The van der Waals surface area contributed by atoms with Gasteiger partial charge in [0.1, 0.15) is 11.7 Å². The maximum absolute atomic E-state index is 13.6. The first-order valence-electron chi connectivity index (χ1n) is 10.2. The zero-order valence-electron chi connectivity index (χ0n) is 17.3. The molecule has 1 atom stereocenters. The Kier molecular flexibility index (Phi) is 4.13. The monoisotopic (exact) mass is 412 g/mol. The second-order valence-electron chi connectivity index (χ2n) is 8.98. The zero-order valence-corrected chi connectivity index (χ0v) is 17.3. The highest BCUT2D eigenvalue weighted by Gasteiger charge is 2.46. The van der Waals surface area contributed by atoms with E-state index in [0.29, 0.717) is 41.2 Å². The maximum atomic E-state index is 13.6. The molecule has 2 heterocycles. The Balaban J connectivity index is 1.84. The Morgan fingerprint density at radius 2 is 1.87 bits per heavy atom. The van der Waals surface area contributed by atoms with Gasteiger partial charge in [-0.15, -0.1) is 0 Å². The van der Waals surface area contributed by atoms with Gasteiger partial charge in [0.25, 0.3) is 0 Å². The lowest BCUT2D eigenvalue weighted by Gasteiger charge is -2.45. The van der Waals surface area contributed by atoms with Crippen molar-refractivity contribution < 1.29 is 9.18 Å². The molecule has 31 heavy (non-hydrogen) atoms. The van der Waals surface area contributed by atoms with Crippen molar-refractivity contribution in [1.29, 1.82) is 5.26 Å². The number of carbonyl (C=O) groups is 1. The van der Waals surface area contributed by atoms with E-state index in [4.69, 9.17) is 5.73 Å². The molecule has 0 spiro atoms. The van der Waals surface area contributed by atoms with Crippen molar-refractivity contribution >= 4 is 17.3 Å². The number of anilines is 1. The molecular weight excluding hydrogens is 391 g/mol. The van der Waals surface area contributed by atoms with E-state index in [-0.39, 0.29) is 17.0 Å². The molecule has 0 saturated carbocycles. The lowest BCUT2D eigenvalue weighted by molar-refractivity contribution is -0.118. The summed E-state index contributed by atoms with van der Waals surface area (Å²) in [5.74, 6) is -0.189. The maximum Gasteiger partial charge on any atom is 0.162 e. The predicted octanol–water partition coefficient (Wildman–Crippen LogP) is 4.53. The summed E-state index contributed by atoms with van der Waals surface area (Å²) in [6.45, 7) is 4.14. The fourth-order valence-electron chi connectivity index (χ4n) is 4.88. The minimum atomic E-state index is -0.600. The lowest BCUT2D eigenvalue weighted by Crippen LogP contribution is -2.42. The van der Waals surface area contributed by atoms with Crippen LogP contribution in [0.25, 0.3) is 0 Å². The molecule has 2 aliphatic heterocycles. The van der Waals surface area contributed by atoms with E-state index in [1.165, 1.54) is 12.1 Å². The van der Waals surface area contributed by atoms with Gasteiger partial charge >= 0.3 is 0 Å². The summed E-state index contributed by atoms with van der Waals surface area (Å²) in [7, 11) is 0. The summed E-state index contributed by atoms with van der Waals surface area (Å²) >= 11 is 0. The van der Waals surface area contributed by atoms with Gasteiger partial charge in [-0.05, 0) is 41.7 Å². The molecule has 2 aromatic rings. The number of nitrogens with two attached hydrogens (primary N) is 1. The molecule has 3 aliphatic rings. The highest BCUT2D eigenvalue weighted by molar-refractivity contribution is 6.08. The van der Waals surface area contributed by atoms with Crippen molar-refractivity contribution in [2.75, 3.05) is 4.90 Å². The van der Waals surface area contributed by atoms with Crippen LogP contribution in [0.2, 0.25) is 0 Å². The molecule has 154 valence electrons. The second kappa shape index (κ2) is 6.64. The molecule has 0 aromatic heterocycles. The summed E-state index contributed by atoms with van der Waals surface area (Å²) in [6, 6.07) is 15.9. The van der Waals surface area contributed by atoms with Crippen molar-refractivity contribution in [3.63, 3.8) is 0 Å². The number of aliphatic imine (C=N–C) groups is 1. The van der Waals surface area contributed by atoms with Crippen molar-refractivity contribution in [2.45, 2.75) is 32.6 Å². The molecule has 2 N–H and O–H groups in total. The molecule has 1 aliphatic carbocycles. The number of allylic oxidation sites excluding steroid dienone is 3. The summed E-state index contributed by atoms with van der Waals surface area (Å²) in [5, 5.41) is 10.2. The number of rotatable bonds is 1. The predicted molar refractivity (Wildman–Crippen MR) is 116 cm³/mol. The Bertz CT molecular complexity index is 1260. The van der Waals surface area contributed by atoms with E-state index in [1.807, 2.05) is 29.2 Å². The number of nitrogens with zero attached hydrogens (tertiary/aromatic N) is 3. The van der Waals surface area contributed by atoms with Crippen LogP contribution in [0.1, 0.15) is 43.7 Å². The van der Waals surface area contributed by atoms with Crippen LogP contribution in [0.4, 0.5) is 10.1 Å². The quantitative estimate of drug-likeness (QED) is 0.746. The first-order chi connectivity index (χ1) is 14.8.